The molecular formula is C17H24FNO. The smallest absolute Gasteiger partial charge is 0.168 e. The molecule has 0 bridgehead atoms. The number of methoxy groups -OCH3 is 1. The standard InChI is InChI=1S/C17H24FNO/c1-20-15-7-5-6-13(16(15)18)12-17(14-8-9-14)10-3-2-4-11-19-17/h5-7,14,19H,2-4,8-12H2,1H3. The van der Waals surface area contributed by atoms with Crippen LogP contribution in [0.5, 0.6) is 5.75 Å². The lowest BCUT2D eigenvalue weighted by Crippen LogP contribution is -2.48. The number of nitrogens with one attached hydrogen (secondary N) is 1. The van der Waals surface area contributed by atoms with Gasteiger partial charge in [-0.3, -0.25) is 0 Å². The van der Waals surface area contributed by atoms with E-state index in [1.165, 1.54) is 45.6 Å². The van der Waals surface area contributed by atoms with Gasteiger partial charge in [-0.25, -0.2) is 4.39 Å². The second kappa shape index (κ2) is 5.72. The highest BCUT2D eigenvalue weighted by atomic mass is 19.1. The van der Waals surface area contributed by atoms with Crippen molar-refractivity contribution in [3.63, 3.8) is 0 Å². The second-order valence-corrected chi connectivity index (χ2v) is 6.28. The zero-order chi connectivity index (χ0) is 14.0. The summed E-state index contributed by atoms with van der Waals surface area (Å²) in [6, 6.07) is 5.51. The average Bonchev–Trinajstić information content (AvgIpc) is 3.28. The van der Waals surface area contributed by atoms with E-state index >= 15 is 0 Å². The molecule has 2 aliphatic rings. The molecule has 0 amide bonds. The molecule has 1 aromatic carbocycles. The highest BCUT2D eigenvalue weighted by Gasteiger charge is 2.45. The van der Waals surface area contributed by atoms with Crippen molar-refractivity contribution in [2.45, 2.75) is 50.5 Å². The van der Waals surface area contributed by atoms with Gasteiger partial charge < -0.3 is 10.1 Å². The predicted molar refractivity (Wildman–Crippen MR) is 78.6 cm³/mol. The van der Waals surface area contributed by atoms with Crippen molar-refractivity contribution in [3.05, 3.63) is 29.6 Å². The fourth-order valence-electron chi connectivity index (χ4n) is 3.64. The summed E-state index contributed by atoms with van der Waals surface area (Å²) >= 11 is 0. The van der Waals surface area contributed by atoms with Crippen molar-refractivity contribution in [1.82, 2.24) is 5.32 Å². The van der Waals surface area contributed by atoms with Gasteiger partial charge in [0.05, 0.1) is 7.11 Å². The van der Waals surface area contributed by atoms with Gasteiger partial charge in [0.15, 0.2) is 11.6 Å². The molecule has 1 aliphatic heterocycles. The first-order chi connectivity index (χ1) is 9.75. The number of hydrogen-bond donors (Lipinski definition) is 1. The van der Waals surface area contributed by atoms with Crippen molar-refractivity contribution in [2.24, 2.45) is 5.92 Å². The molecule has 1 saturated heterocycles. The van der Waals surface area contributed by atoms with Crippen LogP contribution < -0.4 is 10.1 Å². The molecule has 1 aromatic rings. The van der Waals surface area contributed by atoms with E-state index in [1.54, 1.807) is 6.07 Å². The minimum atomic E-state index is -0.180. The Kier molecular flexibility index (Phi) is 3.97. The maximum atomic E-state index is 14.4. The summed E-state index contributed by atoms with van der Waals surface area (Å²) in [7, 11) is 1.53. The SMILES string of the molecule is COc1cccc(CC2(C3CC3)CCCCCN2)c1F. The Labute approximate surface area is 120 Å². The van der Waals surface area contributed by atoms with Crippen LogP contribution in [0.15, 0.2) is 18.2 Å². The van der Waals surface area contributed by atoms with Crippen LogP contribution in [0.4, 0.5) is 4.39 Å². The number of benzene rings is 1. The average molecular weight is 277 g/mol. The van der Waals surface area contributed by atoms with Crippen LogP contribution >= 0.6 is 0 Å². The Balaban J connectivity index is 1.86. The van der Waals surface area contributed by atoms with Crippen LogP contribution in [0.2, 0.25) is 0 Å². The van der Waals surface area contributed by atoms with Gasteiger partial charge >= 0.3 is 0 Å². The Morgan fingerprint density at radius 2 is 2.15 bits per heavy atom. The van der Waals surface area contributed by atoms with Crippen molar-refractivity contribution in [2.75, 3.05) is 13.7 Å². The van der Waals surface area contributed by atoms with Crippen molar-refractivity contribution >= 4 is 0 Å². The van der Waals surface area contributed by atoms with E-state index in [-0.39, 0.29) is 11.4 Å². The molecule has 1 heterocycles. The van der Waals surface area contributed by atoms with E-state index < -0.39 is 0 Å². The number of halogens is 1. The Bertz CT molecular complexity index is 462. The first-order valence-electron chi connectivity index (χ1n) is 7.81. The van der Waals surface area contributed by atoms with Crippen LogP contribution in [0.1, 0.15) is 44.1 Å². The zero-order valence-electron chi connectivity index (χ0n) is 12.3. The second-order valence-electron chi connectivity index (χ2n) is 6.28. The van der Waals surface area contributed by atoms with E-state index in [9.17, 15) is 4.39 Å². The molecule has 2 fully saturated rings. The van der Waals surface area contributed by atoms with Crippen LogP contribution in [-0.4, -0.2) is 19.2 Å². The van der Waals surface area contributed by atoms with Gasteiger partial charge in [-0.15, -0.1) is 0 Å². The Morgan fingerprint density at radius 1 is 1.30 bits per heavy atom. The van der Waals surface area contributed by atoms with Crippen molar-refractivity contribution < 1.29 is 9.13 Å². The Hall–Kier alpha value is -1.09. The summed E-state index contributed by atoms with van der Waals surface area (Å²) in [5.74, 6) is 0.911. The topological polar surface area (TPSA) is 21.3 Å². The van der Waals surface area contributed by atoms with E-state index in [0.29, 0.717) is 5.75 Å². The van der Waals surface area contributed by atoms with E-state index in [1.807, 2.05) is 12.1 Å². The Morgan fingerprint density at radius 3 is 2.90 bits per heavy atom. The van der Waals surface area contributed by atoms with Gasteiger partial charge in [-0.05, 0) is 56.2 Å². The van der Waals surface area contributed by atoms with Gasteiger partial charge in [-0.1, -0.05) is 25.0 Å². The first kappa shape index (κ1) is 13.9. The third kappa shape index (κ3) is 2.69. The monoisotopic (exact) mass is 277 g/mol. The van der Waals surface area contributed by atoms with Crippen molar-refractivity contribution in [3.8, 4) is 5.75 Å². The maximum Gasteiger partial charge on any atom is 0.168 e. The minimum absolute atomic E-state index is 0.115. The largest absolute Gasteiger partial charge is 0.494 e. The lowest BCUT2D eigenvalue weighted by atomic mass is 9.82. The summed E-state index contributed by atoms with van der Waals surface area (Å²) in [6.45, 7) is 1.07. The van der Waals surface area contributed by atoms with Crippen LogP contribution in [0.3, 0.4) is 0 Å². The highest BCUT2D eigenvalue weighted by Crippen LogP contribution is 2.45. The molecule has 110 valence electrons. The number of ether oxygens (including phenoxy) is 1. The molecule has 1 unspecified atom stereocenters. The lowest BCUT2D eigenvalue weighted by Gasteiger charge is -2.35. The fraction of sp³-hybridized carbons (Fsp3) is 0.647. The highest BCUT2D eigenvalue weighted by molar-refractivity contribution is 5.32. The number of hydrogen-bond acceptors (Lipinski definition) is 2. The van der Waals surface area contributed by atoms with Crippen LogP contribution in [-0.2, 0) is 6.42 Å². The van der Waals surface area contributed by atoms with E-state index in [2.05, 4.69) is 5.32 Å². The van der Waals surface area contributed by atoms with E-state index in [4.69, 9.17) is 4.74 Å². The molecule has 20 heavy (non-hydrogen) atoms. The normalized spacial score (nSPS) is 27.1. The molecule has 2 nitrogen and oxygen atoms in total. The molecule has 1 atom stereocenters. The number of rotatable bonds is 4. The summed E-state index contributed by atoms with van der Waals surface area (Å²) in [5.41, 5.74) is 0.912. The molecule has 0 radical (unpaired) electrons. The van der Waals surface area contributed by atoms with Gasteiger partial charge in [0.1, 0.15) is 0 Å². The minimum Gasteiger partial charge on any atom is -0.494 e. The van der Waals surface area contributed by atoms with Crippen LogP contribution in [0.25, 0.3) is 0 Å². The van der Waals surface area contributed by atoms with Gasteiger partial charge in [-0.2, -0.15) is 0 Å². The molecule has 0 spiro atoms. The summed E-state index contributed by atoms with van der Waals surface area (Å²) in [5, 5.41) is 3.76. The fourth-order valence-corrected chi connectivity index (χ4v) is 3.64. The third-order valence-corrected chi connectivity index (χ3v) is 4.90. The molecule has 1 saturated carbocycles. The third-order valence-electron chi connectivity index (χ3n) is 4.90. The van der Waals surface area contributed by atoms with Gasteiger partial charge in [0.25, 0.3) is 0 Å². The molecule has 1 aliphatic carbocycles. The molecule has 0 aromatic heterocycles. The molecule has 3 heteroatoms. The quantitative estimate of drug-likeness (QED) is 0.906. The summed E-state index contributed by atoms with van der Waals surface area (Å²) in [4.78, 5) is 0. The van der Waals surface area contributed by atoms with E-state index in [0.717, 1.165) is 24.4 Å². The van der Waals surface area contributed by atoms with Gasteiger partial charge in [0.2, 0.25) is 0 Å². The maximum absolute atomic E-state index is 14.4. The zero-order valence-corrected chi connectivity index (χ0v) is 12.3. The molecule has 1 N–H and O–H groups in total. The van der Waals surface area contributed by atoms with Crippen molar-refractivity contribution in [1.29, 1.82) is 0 Å². The first-order valence-corrected chi connectivity index (χ1v) is 7.81. The molecule has 3 rings (SSSR count). The van der Waals surface area contributed by atoms with Crippen LogP contribution in [0, 0.1) is 11.7 Å². The predicted octanol–water partition coefficient (Wildman–Crippen LogP) is 3.69. The summed E-state index contributed by atoms with van der Waals surface area (Å²) in [6.07, 6.45) is 8.35. The summed E-state index contributed by atoms with van der Waals surface area (Å²) < 4.78 is 19.5. The lowest BCUT2D eigenvalue weighted by molar-refractivity contribution is 0.267. The molecular weight excluding hydrogens is 253 g/mol. The van der Waals surface area contributed by atoms with Gasteiger partial charge in [0, 0.05) is 5.54 Å².